The molecule has 1 saturated heterocycles. The van der Waals surface area contributed by atoms with E-state index in [1.54, 1.807) is 0 Å². The molecule has 3 aromatic rings. The SMILES string of the molecule is Nc1nc(OCc2ccccc2)nc2c1ncn2C1O[C@@H](CO)[C@H](O)[C@@H]1O. The molecule has 0 spiro atoms. The quantitative estimate of drug-likeness (QED) is 0.468. The maximum absolute atomic E-state index is 10.2. The standard InChI is InChI=1S/C17H19N5O5/c18-14-11-15(21-17(20-14)26-7-9-4-2-1-3-5-9)22(8-19-11)16-13(25)12(24)10(6-23)27-16/h1-5,8,10,12-13,16,23-25H,6-7H2,(H2,18,20,21)/t10-,12-,13-,16?/m0/s1. The average Bonchev–Trinajstić information content (AvgIpc) is 3.23. The number of ether oxygens (including phenoxy) is 2. The van der Waals surface area contributed by atoms with Crippen LogP contribution in [0, 0.1) is 0 Å². The van der Waals surface area contributed by atoms with E-state index < -0.39 is 31.1 Å². The number of aliphatic hydroxyl groups is 3. The summed E-state index contributed by atoms with van der Waals surface area (Å²) in [7, 11) is 0. The molecule has 0 radical (unpaired) electrons. The number of nitrogens with zero attached hydrogens (tertiary/aromatic N) is 4. The topological polar surface area (TPSA) is 149 Å². The van der Waals surface area contributed by atoms with Gasteiger partial charge in [-0.2, -0.15) is 9.97 Å². The van der Waals surface area contributed by atoms with Crippen LogP contribution in [0.3, 0.4) is 0 Å². The van der Waals surface area contributed by atoms with Crippen molar-refractivity contribution >= 4 is 17.0 Å². The summed E-state index contributed by atoms with van der Waals surface area (Å²) in [5.74, 6) is 0.119. The van der Waals surface area contributed by atoms with Crippen molar-refractivity contribution in [3.8, 4) is 6.01 Å². The van der Waals surface area contributed by atoms with Crippen molar-refractivity contribution in [2.45, 2.75) is 31.1 Å². The first-order valence-corrected chi connectivity index (χ1v) is 8.37. The molecule has 0 bridgehead atoms. The Bertz CT molecular complexity index is 934. The zero-order valence-electron chi connectivity index (χ0n) is 14.2. The third-order valence-corrected chi connectivity index (χ3v) is 4.43. The Morgan fingerprint density at radius 1 is 1.15 bits per heavy atom. The molecule has 0 amide bonds. The molecule has 4 atom stereocenters. The van der Waals surface area contributed by atoms with Crippen molar-refractivity contribution in [2.24, 2.45) is 0 Å². The molecule has 1 fully saturated rings. The van der Waals surface area contributed by atoms with Gasteiger partial charge in [0.15, 0.2) is 23.2 Å². The number of nitrogens with two attached hydrogens (primary N) is 1. The molecule has 27 heavy (non-hydrogen) atoms. The molecule has 5 N–H and O–H groups in total. The number of hydrogen-bond acceptors (Lipinski definition) is 9. The normalized spacial score (nSPS) is 25.1. The van der Waals surface area contributed by atoms with Gasteiger partial charge in [0.05, 0.1) is 12.9 Å². The van der Waals surface area contributed by atoms with E-state index >= 15 is 0 Å². The maximum atomic E-state index is 10.2. The van der Waals surface area contributed by atoms with Crippen LogP contribution in [0.25, 0.3) is 11.2 Å². The van der Waals surface area contributed by atoms with Gasteiger partial charge in [-0.3, -0.25) is 4.57 Å². The number of fused-ring (bicyclic) bond motifs is 1. The number of benzene rings is 1. The van der Waals surface area contributed by atoms with Gasteiger partial charge < -0.3 is 30.5 Å². The molecule has 1 aliphatic rings. The lowest BCUT2D eigenvalue weighted by molar-refractivity contribution is -0.0511. The summed E-state index contributed by atoms with van der Waals surface area (Å²) in [5, 5.41) is 29.5. The first-order valence-electron chi connectivity index (χ1n) is 8.37. The van der Waals surface area contributed by atoms with Crippen molar-refractivity contribution in [3.63, 3.8) is 0 Å². The van der Waals surface area contributed by atoms with Gasteiger partial charge in [0.25, 0.3) is 0 Å². The highest BCUT2D eigenvalue weighted by molar-refractivity contribution is 5.82. The summed E-state index contributed by atoms with van der Waals surface area (Å²) in [5.41, 5.74) is 7.51. The van der Waals surface area contributed by atoms with Crippen LogP contribution >= 0.6 is 0 Å². The fourth-order valence-electron chi connectivity index (χ4n) is 3.00. The molecule has 3 heterocycles. The first-order chi connectivity index (χ1) is 13.1. The van der Waals surface area contributed by atoms with Crippen LogP contribution in [0.5, 0.6) is 6.01 Å². The van der Waals surface area contributed by atoms with Crippen molar-refractivity contribution in [3.05, 3.63) is 42.2 Å². The Labute approximate surface area is 153 Å². The van der Waals surface area contributed by atoms with Gasteiger partial charge in [-0.1, -0.05) is 30.3 Å². The number of anilines is 1. The van der Waals surface area contributed by atoms with Crippen LogP contribution in [0.15, 0.2) is 36.7 Å². The minimum atomic E-state index is -1.26. The van der Waals surface area contributed by atoms with E-state index in [9.17, 15) is 15.3 Å². The van der Waals surface area contributed by atoms with Crippen LogP contribution < -0.4 is 10.5 Å². The molecule has 1 unspecified atom stereocenters. The van der Waals surface area contributed by atoms with Crippen molar-refractivity contribution in [1.82, 2.24) is 19.5 Å². The van der Waals surface area contributed by atoms with Crippen LogP contribution in [0.4, 0.5) is 5.82 Å². The summed E-state index contributed by atoms with van der Waals surface area (Å²) in [6.07, 6.45) is -2.99. The van der Waals surface area contributed by atoms with Crippen LogP contribution in [0.1, 0.15) is 11.8 Å². The second-order valence-corrected chi connectivity index (χ2v) is 6.22. The molecule has 0 aliphatic carbocycles. The number of rotatable bonds is 5. The largest absolute Gasteiger partial charge is 0.458 e. The highest BCUT2D eigenvalue weighted by Crippen LogP contribution is 2.32. The Morgan fingerprint density at radius 3 is 2.63 bits per heavy atom. The third-order valence-electron chi connectivity index (χ3n) is 4.43. The smallest absolute Gasteiger partial charge is 0.320 e. The molecule has 4 rings (SSSR count). The molecule has 10 heteroatoms. The predicted molar refractivity (Wildman–Crippen MR) is 93.5 cm³/mol. The first kappa shape index (κ1) is 17.6. The summed E-state index contributed by atoms with van der Waals surface area (Å²) >= 11 is 0. The summed E-state index contributed by atoms with van der Waals surface area (Å²) in [4.78, 5) is 12.6. The van der Waals surface area contributed by atoms with Crippen LogP contribution in [-0.2, 0) is 11.3 Å². The molecule has 10 nitrogen and oxygen atoms in total. The number of aliphatic hydroxyl groups excluding tert-OH is 3. The van der Waals surface area contributed by atoms with Gasteiger partial charge in [-0.25, -0.2) is 4.98 Å². The van der Waals surface area contributed by atoms with Gasteiger partial charge in [-0.05, 0) is 5.56 Å². The molecular formula is C17H19N5O5. The van der Waals surface area contributed by atoms with E-state index in [4.69, 9.17) is 15.2 Å². The fraction of sp³-hybridized carbons (Fsp3) is 0.353. The van der Waals surface area contributed by atoms with Gasteiger partial charge >= 0.3 is 6.01 Å². The van der Waals surface area contributed by atoms with Crippen molar-refractivity contribution in [2.75, 3.05) is 12.3 Å². The summed E-state index contributed by atoms with van der Waals surface area (Å²) in [6.45, 7) is -0.169. The summed E-state index contributed by atoms with van der Waals surface area (Å²) in [6, 6.07) is 9.57. The lowest BCUT2D eigenvalue weighted by Crippen LogP contribution is -2.33. The minimum Gasteiger partial charge on any atom is -0.458 e. The van der Waals surface area contributed by atoms with E-state index in [2.05, 4.69) is 15.0 Å². The molecule has 142 valence electrons. The zero-order valence-corrected chi connectivity index (χ0v) is 14.2. The number of imidazole rings is 1. The van der Waals surface area contributed by atoms with Crippen LogP contribution in [0.2, 0.25) is 0 Å². The lowest BCUT2D eigenvalue weighted by Gasteiger charge is -2.16. The second-order valence-electron chi connectivity index (χ2n) is 6.22. The van der Waals surface area contributed by atoms with E-state index in [1.165, 1.54) is 10.9 Å². The highest BCUT2D eigenvalue weighted by Gasteiger charge is 2.44. The molecule has 2 aromatic heterocycles. The molecule has 1 aliphatic heterocycles. The Kier molecular flexibility index (Phi) is 4.62. The van der Waals surface area contributed by atoms with E-state index in [0.29, 0.717) is 11.2 Å². The monoisotopic (exact) mass is 373 g/mol. The predicted octanol–water partition coefficient (Wildman–Crippen LogP) is -0.401. The third kappa shape index (κ3) is 3.19. The number of aromatic nitrogens is 4. The van der Waals surface area contributed by atoms with E-state index in [0.717, 1.165) is 5.56 Å². The molecular weight excluding hydrogens is 354 g/mol. The fourth-order valence-corrected chi connectivity index (χ4v) is 3.00. The van der Waals surface area contributed by atoms with E-state index in [1.807, 2.05) is 30.3 Å². The Balaban J connectivity index is 1.64. The van der Waals surface area contributed by atoms with E-state index in [-0.39, 0.29) is 18.4 Å². The number of nitrogen functional groups attached to an aromatic ring is 1. The van der Waals surface area contributed by atoms with Gasteiger partial charge in [0.1, 0.15) is 24.9 Å². The minimum absolute atomic E-state index is 0.0531. The Morgan fingerprint density at radius 2 is 1.93 bits per heavy atom. The second kappa shape index (κ2) is 7.08. The van der Waals surface area contributed by atoms with Crippen LogP contribution in [-0.4, -0.2) is 59.8 Å². The lowest BCUT2D eigenvalue weighted by atomic mass is 10.1. The molecule has 1 aromatic carbocycles. The van der Waals surface area contributed by atoms with Gasteiger partial charge in [0, 0.05) is 0 Å². The Hall–Kier alpha value is -2.79. The van der Waals surface area contributed by atoms with Gasteiger partial charge in [-0.15, -0.1) is 0 Å². The maximum Gasteiger partial charge on any atom is 0.320 e. The molecule has 0 saturated carbocycles. The van der Waals surface area contributed by atoms with Crippen molar-refractivity contribution < 1.29 is 24.8 Å². The zero-order chi connectivity index (χ0) is 19.0. The number of hydrogen-bond donors (Lipinski definition) is 4. The average molecular weight is 373 g/mol. The summed E-state index contributed by atoms with van der Waals surface area (Å²) < 4.78 is 12.6. The van der Waals surface area contributed by atoms with Gasteiger partial charge in [0.2, 0.25) is 0 Å². The highest BCUT2D eigenvalue weighted by atomic mass is 16.6. The van der Waals surface area contributed by atoms with Crippen molar-refractivity contribution in [1.29, 1.82) is 0 Å².